The summed E-state index contributed by atoms with van der Waals surface area (Å²) in [6.07, 6.45) is -5.22. The van der Waals surface area contributed by atoms with E-state index in [0.717, 1.165) is 12.1 Å². The van der Waals surface area contributed by atoms with Crippen LogP contribution in [0, 0.1) is 0 Å². The van der Waals surface area contributed by atoms with Gasteiger partial charge in [-0.25, -0.2) is 8.42 Å². The van der Waals surface area contributed by atoms with Crippen molar-refractivity contribution < 1.29 is 36.3 Å². The second kappa shape index (κ2) is 10.2. The van der Waals surface area contributed by atoms with E-state index in [0.29, 0.717) is 12.6 Å². The van der Waals surface area contributed by atoms with Crippen molar-refractivity contribution in [2.45, 2.75) is 23.6 Å². The fourth-order valence-electron chi connectivity index (χ4n) is 2.80. The Bertz CT molecular complexity index is 1400. The van der Waals surface area contributed by atoms with Crippen molar-refractivity contribution in [2.75, 3.05) is 15.4 Å². The van der Waals surface area contributed by atoms with Crippen LogP contribution >= 0.6 is 11.6 Å². The largest absolute Gasteiger partial charge is 0.426 e. The van der Waals surface area contributed by atoms with E-state index in [9.17, 15) is 36.3 Å². The molecule has 0 saturated carbocycles. The molecule has 1 atom stereocenters. The Kier molecular flexibility index (Phi) is 7.62. The molecule has 0 aliphatic heterocycles. The van der Waals surface area contributed by atoms with Gasteiger partial charge in [-0.15, -0.1) is 0 Å². The normalized spacial score (nSPS) is 13.4. The molecular formula is C23H19ClF3N3O5S. The lowest BCUT2D eigenvalue weighted by molar-refractivity contribution is -0.242. The highest BCUT2D eigenvalue weighted by molar-refractivity contribution is 7.92. The topological polar surface area (TPSA) is 125 Å². The molecule has 3 aromatic rings. The minimum atomic E-state index is -5.22. The number of rotatable bonds is 7. The van der Waals surface area contributed by atoms with Gasteiger partial charge in [-0.1, -0.05) is 35.9 Å². The van der Waals surface area contributed by atoms with Gasteiger partial charge < -0.3 is 15.7 Å². The maximum absolute atomic E-state index is 12.8. The van der Waals surface area contributed by atoms with Crippen molar-refractivity contribution in [3.05, 3.63) is 83.4 Å². The molecule has 0 radical (unpaired) electrons. The predicted molar refractivity (Wildman–Crippen MR) is 128 cm³/mol. The van der Waals surface area contributed by atoms with Crippen LogP contribution < -0.4 is 15.4 Å². The Balaban J connectivity index is 1.74. The summed E-state index contributed by atoms with van der Waals surface area (Å²) >= 11 is 6.00. The van der Waals surface area contributed by atoms with Gasteiger partial charge in [0, 0.05) is 16.9 Å². The van der Waals surface area contributed by atoms with E-state index in [2.05, 4.69) is 10.0 Å². The molecule has 0 bridgehead atoms. The number of sulfonamides is 1. The van der Waals surface area contributed by atoms with Gasteiger partial charge in [0.2, 0.25) is 5.60 Å². The van der Waals surface area contributed by atoms with Gasteiger partial charge in [0.15, 0.2) is 0 Å². The van der Waals surface area contributed by atoms with E-state index in [4.69, 9.17) is 11.6 Å². The second-order valence-corrected chi connectivity index (χ2v) is 9.76. The maximum Gasteiger partial charge on any atom is 0.426 e. The van der Waals surface area contributed by atoms with E-state index < -0.39 is 33.6 Å². The van der Waals surface area contributed by atoms with Gasteiger partial charge in [-0.3, -0.25) is 14.3 Å². The van der Waals surface area contributed by atoms with Gasteiger partial charge in [-0.05, 0) is 55.5 Å². The van der Waals surface area contributed by atoms with E-state index >= 15 is 0 Å². The number of nitrogens with one attached hydrogen (secondary N) is 3. The number of aliphatic hydroxyl groups is 1. The number of benzene rings is 3. The summed E-state index contributed by atoms with van der Waals surface area (Å²) < 4.78 is 66.2. The number of alkyl halides is 3. The zero-order chi connectivity index (χ0) is 26.7. The SMILES string of the molecule is CC(O)(C(=O)Nc1ccc(C(=O)Nc2cccc(S(=O)(=O)Nc3ccccc3)c2)cc1Cl)C(F)(F)F. The zero-order valence-corrected chi connectivity index (χ0v) is 20.0. The number of para-hydroxylation sites is 1. The molecule has 2 amide bonds. The number of amides is 2. The highest BCUT2D eigenvalue weighted by Gasteiger charge is 2.55. The Morgan fingerprint density at radius 2 is 1.53 bits per heavy atom. The highest BCUT2D eigenvalue weighted by atomic mass is 35.5. The third-order valence-corrected chi connectivity index (χ3v) is 6.59. The first-order valence-corrected chi connectivity index (χ1v) is 12.0. The fourth-order valence-corrected chi connectivity index (χ4v) is 4.13. The number of hydrogen-bond acceptors (Lipinski definition) is 5. The second-order valence-electron chi connectivity index (χ2n) is 7.67. The van der Waals surface area contributed by atoms with Crippen LogP contribution in [-0.4, -0.2) is 37.1 Å². The van der Waals surface area contributed by atoms with Crippen LogP contribution in [0.3, 0.4) is 0 Å². The highest BCUT2D eigenvalue weighted by Crippen LogP contribution is 2.32. The summed E-state index contributed by atoms with van der Waals surface area (Å²) in [6, 6.07) is 17.0. The van der Waals surface area contributed by atoms with E-state index in [1.165, 1.54) is 30.3 Å². The van der Waals surface area contributed by atoms with Crippen molar-refractivity contribution in [1.82, 2.24) is 0 Å². The number of halogens is 4. The van der Waals surface area contributed by atoms with Crippen LogP contribution in [0.15, 0.2) is 77.7 Å². The number of anilines is 3. The summed E-state index contributed by atoms with van der Waals surface area (Å²) in [5.74, 6) is -2.46. The lowest BCUT2D eigenvalue weighted by Crippen LogP contribution is -2.52. The molecule has 0 spiro atoms. The first-order chi connectivity index (χ1) is 16.7. The standard InChI is InChI=1S/C23H19ClF3N3O5S/c1-22(33,23(25,26)27)21(32)29-19-11-10-14(12-18(19)24)20(31)28-16-8-5-9-17(13-16)36(34,35)30-15-6-3-2-4-7-15/h2-13,30,33H,1H3,(H,28,31)(H,29,32). The molecule has 4 N–H and O–H groups in total. The molecule has 8 nitrogen and oxygen atoms in total. The molecule has 0 aliphatic rings. The van der Waals surface area contributed by atoms with Gasteiger partial charge in [0.05, 0.1) is 15.6 Å². The summed E-state index contributed by atoms with van der Waals surface area (Å²) in [5, 5.41) is 13.6. The van der Waals surface area contributed by atoms with E-state index in [1.54, 1.807) is 30.3 Å². The molecule has 0 heterocycles. The Morgan fingerprint density at radius 3 is 2.14 bits per heavy atom. The summed E-state index contributed by atoms with van der Waals surface area (Å²) in [5.41, 5.74) is -3.46. The maximum atomic E-state index is 12.8. The van der Waals surface area contributed by atoms with Crippen molar-refractivity contribution in [1.29, 1.82) is 0 Å². The summed E-state index contributed by atoms with van der Waals surface area (Å²) in [6.45, 7) is 0.293. The quantitative estimate of drug-likeness (QED) is 0.347. The molecule has 1 unspecified atom stereocenters. The summed E-state index contributed by atoms with van der Waals surface area (Å²) in [4.78, 5) is 24.4. The van der Waals surface area contributed by atoms with Crippen molar-refractivity contribution in [2.24, 2.45) is 0 Å². The molecule has 36 heavy (non-hydrogen) atoms. The number of carbonyl (C=O) groups excluding carboxylic acids is 2. The van der Waals surface area contributed by atoms with Gasteiger partial charge in [0.1, 0.15) is 0 Å². The first-order valence-electron chi connectivity index (χ1n) is 10.1. The van der Waals surface area contributed by atoms with Crippen LogP contribution in [0.2, 0.25) is 5.02 Å². The number of hydrogen-bond donors (Lipinski definition) is 4. The molecule has 13 heteroatoms. The minimum absolute atomic E-state index is 0.0312. The smallest absolute Gasteiger partial charge is 0.373 e. The van der Waals surface area contributed by atoms with Crippen molar-refractivity contribution in [3.8, 4) is 0 Å². The van der Waals surface area contributed by atoms with Crippen LogP contribution in [0.1, 0.15) is 17.3 Å². The first kappa shape index (κ1) is 27.0. The fraction of sp³-hybridized carbons (Fsp3) is 0.130. The molecule has 0 saturated heterocycles. The lowest BCUT2D eigenvalue weighted by atomic mass is 10.1. The van der Waals surface area contributed by atoms with Crippen molar-refractivity contribution >= 4 is 50.5 Å². The predicted octanol–water partition coefficient (Wildman–Crippen LogP) is 4.64. The Hall–Kier alpha value is -3.61. The van der Waals surface area contributed by atoms with Crippen LogP contribution in [0.25, 0.3) is 0 Å². The Labute approximate surface area is 209 Å². The molecule has 3 aromatic carbocycles. The third-order valence-electron chi connectivity index (χ3n) is 4.90. The lowest BCUT2D eigenvalue weighted by Gasteiger charge is -2.25. The molecule has 0 fully saturated rings. The average Bonchev–Trinajstić information content (AvgIpc) is 2.80. The summed E-state index contributed by atoms with van der Waals surface area (Å²) in [7, 11) is -3.95. The zero-order valence-electron chi connectivity index (χ0n) is 18.4. The third kappa shape index (κ3) is 6.14. The molecular weight excluding hydrogens is 523 g/mol. The molecule has 190 valence electrons. The molecule has 3 rings (SSSR count). The van der Waals surface area contributed by atoms with Crippen LogP contribution in [-0.2, 0) is 14.8 Å². The van der Waals surface area contributed by atoms with Crippen molar-refractivity contribution in [3.63, 3.8) is 0 Å². The van der Waals surface area contributed by atoms with Gasteiger partial charge in [0.25, 0.3) is 21.8 Å². The minimum Gasteiger partial charge on any atom is -0.373 e. The Morgan fingerprint density at radius 1 is 0.889 bits per heavy atom. The van der Waals surface area contributed by atoms with E-state index in [-0.39, 0.29) is 26.9 Å². The average molecular weight is 542 g/mol. The number of carbonyl (C=O) groups is 2. The van der Waals surface area contributed by atoms with Crippen LogP contribution in [0.4, 0.5) is 30.2 Å². The monoisotopic (exact) mass is 541 g/mol. The molecule has 0 aromatic heterocycles. The molecule has 0 aliphatic carbocycles. The van der Waals surface area contributed by atoms with E-state index in [1.807, 2.05) is 5.32 Å². The van der Waals surface area contributed by atoms with Gasteiger partial charge >= 0.3 is 6.18 Å². The van der Waals surface area contributed by atoms with Crippen LogP contribution in [0.5, 0.6) is 0 Å². The van der Waals surface area contributed by atoms with Gasteiger partial charge in [-0.2, -0.15) is 13.2 Å².